The summed E-state index contributed by atoms with van der Waals surface area (Å²) in [6.07, 6.45) is 2.95. The highest BCUT2D eigenvalue weighted by atomic mass is 19.1. The second kappa shape index (κ2) is 5.43. The van der Waals surface area contributed by atoms with Crippen molar-refractivity contribution in [1.82, 2.24) is 9.55 Å². The molecule has 0 spiro atoms. The first-order valence-electron chi connectivity index (χ1n) is 5.50. The first-order valence-corrected chi connectivity index (χ1v) is 5.50. The number of carbonyl (C=O) groups excluding carboxylic acids is 1. The molecule has 0 aliphatic carbocycles. The van der Waals surface area contributed by atoms with Crippen molar-refractivity contribution in [3.8, 4) is 0 Å². The van der Waals surface area contributed by atoms with Crippen molar-refractivity contribution < 1.29 is 13.9 Å². The van der Waals surface area contributed by atoms with Crippen LogP contribution in [-0.4, -0.2) is 22.6 Å². The van der Waals surface area contributed by atoms with Gasteiger partial charge >= 0.3 is 11.7 Å². The van der Waals surface area contributed by atoms with Gasteiger partial charge in [-0.25, -0.2) is 19.0 Å². The quantitative estimate of drug-likeness (QED) is 0.780. The van der Waals surface area contributed by atoms with Crippen molar-refractivity contribution in [2.75, 3.05) is 7.11 Å². The minimum absolute atomic E-state index is 0.134. The molecule has 1 aromatic carbocycles. The maximum Gasteiger partial charge on any atom is 0.347 e. The predicted octanol–water partition coefficient (Wildman–Crippen LogP) is 1.22. The molecule has 5 nitrogen and oxygen atoms in total. The van der Waals surface area contributed by atoms with Crippen LogP contribution in [0.2, 0.25) is 0 Å². The van der Waals surface area contributed by atoms with Crippen LogP contribution in [0.25, 0.3) is 0 Å². The Labute approximate surface area is 108 Å². The molecule has 0 atom stereocenters. The fourth-order valence-electron chi connectivity index (χ4n) is 1.64. The second-order valence-electron chi connectivity index (χ2n) is 3.84. The largest absolute Gasteiger partial charge is 0.465 e. The van der Waals surface area contributed by atoms with Crippen molar-refractivity contribution in [2.24, 2.45) is 0 Å². The molecule has 0 unspecified atom stereocenters. The predicted molar refractivity (Wildman–Crippen MR) is 65.3 cm³/mol. The fourth-order valence-corrected chi connectivity index (χ4v) is 1.64. The lowest BCUT2D eigenvalue weighted by molar-refractivity contribution is 0.0595. The number of rotatable bonds is 3. The zero-order valence-electron chi connectivity index (χ0n) is 10.2. The molecule has 19 heavy (non-hydrogen) atoms. The van der Waals surface area contributed by atoms with E-state index >= 15 is 0 Å². The van der Waals surface area contributed by atoms with Gasteiger partial charge in [-0.3, -0.25) is 4.57 Å². The van der Waals surface area contributed by atoms with Crippen molar-refractivity contribution >= 4 is 5.97 Å². The topological polar surface area (TPSA) is 61.2 Å². The normalized spacial score (nSPS) is 10.2. The van der Waals surface area contributed by atoms with Gasteiger partial charge in [0, 0.05) is 12.4 Å². The number of ether oxygens (including phenoxy) is 1. The molecule has 1 aromatic heterocycles. The molecule has 1 heterocycles. The summed E-state index contributed by atoms with van der Waals surface area (Å²) in [4.78, 5) is 26.2. The highest BCUT2D eigenvalue weighted by Crippen LogP contribution is 2.12. The number of halogens is 1. The molecule has 0 fully saturated rings. The van der Waals surface area contributed by atoms with Gasteiger partial charge in [0.15, 0.2) is 0 Å². The Bertz CT molecular complexity index is 667. The highest BCUT2D eigenvalue weighted by molar-refractivity contribution is 5.89. The lowest BCUT2D eigenvalue weighted by Crippen LogP contribution is -2.22. The Kier molecular flexibility index (Phi) is 3.70. The van der Waals surface area contributed by atoms with Gasteiger partial charge in [0.05, 0.1) is 19.2 Å². The Morgan fingerprint density at radius 1 is 1.47 bits per heavy atom. The van der Waals surface area contributed by atoms with E-state index in [9.17, 15) is 14.0 Å². The summed E-state index contributed by atoms with van der Waals surface area (Å²) in [5.41, 5.74) is 0.00462. The van der Waals surface area contributed by atoms with Crippen LogP contribution >= 0.6 is 0 Å². The lowest BCUT2D eigenvalue weighted by Gasteiger charge is -2.06. The number of aromatic nitrogens is 2. The monoisotopic (exact) mass is 262 g/mol. The average molecular weight is 262 g/mol. The van der Waals surface area contributed by atoms with Crippen LogP contribution in [0.15, 0.2) is 41.5 Å². The van der Waals surface area contributed by atoms with E-state index in [0.717, 1.165) is 0 Å². The van der Waals surface area contributed by atoms with E-state index in [0.29, 0.717) is 5.56 Å². The minimum Gasteiger partial charge on any atom is -0.465 e. The zero-order chi connectivity index (χ0) is 13.8. The third-order valence-electron chi connectivity index (χ3n) is 2.57. The van der Waals surface area contributed by atoms with E-state index in [1.807, 2.05) is 0 Å². The third-order valence-corrected chi connectivity index (χ3v) is 2.57. The molecule has 0 aliphatic heterocycles. The molecule has 0 aliphatic rings. The number of hydrogen-bond acceptors (Lipinski definition) is 4. The molecule has 0 N–H and O–H groups in total. The Morgan fingerprint density at radius 2 is 2.26 bits per heavy atom. The number of hydrogen-bond donors (Lipinski definition) is 0. The average Bonchev–Trinajstić information content (AvgIpc) is 2.41. The van der Waals surface area contributed by atoms with Crippen molar-refractivity contribution in [3.05, 3.63) is 64.1 Å². The van der Waals surface area contributed by atoms with Crippen LogP contribution in [0.3, 0.4) is 0 Å². The number of methoxy groups -OCH3 is 1. The summed E-state index contributed by atoms with van der Waals surface area (Å²) in [5, 5.41) is 0. The van der Waals surface area contributed by atoms with Crippen LogP contribution in [0.5, 0.6) is 0 Å². The van der Waals surface area contributed by atoms with Gasteiger partial charge < -0.3 is 4.74 Å². The summed E-state index contributed by atoms with van der Waals surface area (Å²) in [7, 11) is 1.19. The van der Waals surface area contributed by atoms with Gasteiger partial charge in [-0.15, -0.1) is 0 Å². The summed E-state index contributed by atoms with van der Waals surface area (Å²) >= 11 is 0. The smallest absolute Gasteiger partial charge is 0.347 e. The molecule has 0 amide bonds. The van der Waals surface area contributed by atoms with Crippen LogP contribution in [0, 0.1) is 5.82 Å². The molecular weight excluding hydrogens is 251 g/mol. The van der Waals surface area contributed by atoms with Crippen molar-refractivity contribution in [2.45, 2.75) is 6.54 Å². The van der Waals surface area contributed by atoms with Gasteiger partial charge in [0.1, 0.15) is 5.82 Å². The number of benzene rings is 1. The Hall–Kier alpha value is -2.50. The molecule has 6 heteroatoms. The Morgan fingerprint density at radius 3 is 2.89 bits per heavy atom. The molecule has 0 bridgehead atoms. The van der Waals surface area contributed by atoms with E-state index in [1.165, 1.54) is 30.0 Å². The summed E-state index contributed by atoms with van der Waals surface area (Å²) < 4.78 is 19.5. The Balaban J connectivity index is 2.29. The van der Waals surface area contributed by atoms with Crippen LogP contribution in [0.4, 0.5) is 4.39 Å². The number of nitrogens with zero attached hydrogens (tertiary/aromatic N) is 2. The third kappa shape index (κ3) is 2.85. The van der Waals surface area contributed by atoms with E-state index in [-0.39, 0.29) is 12.1 Å². The van der Waals surface area contributed by atoms with E-state index in [2.05, 4.69) is 9.72 Å². The molecule has 0 radical (unpaired) electrons. The van der Waals surface area contributed by atoms with E-state index in [1.54, 1.807) is 18.3 Å². The van der Waals surface area contributed by atoms with Crippen LogP contribution in [0.1, 0.15) is 15.9 Å². The zero-order valence-corrected chi connectivity index (χ0v) is 10.2. The fraction of sp³-hybridized carbons (Fsp3) is 0.154. The molecular formula is C13H11FN2O3. The lowest BCUT2D eigenvalue weighted by atomic mass is 10.1. The molecule has 2 rings (SSSR count). The molecule has 2 aromatic rings. The van der Waals surface area contributed by atoms with E-state index < -0.39 is 17.5 Å². The standard InChI is InChI=1S/C13H11FN2O3/c1-19-12(17)10-4-3-9(7-11(10)14)8-16-6-2-5-15-13(16)18/h2-7H,8H2,1H3. The number of carbonyl (C=O) groups is 1. The maximum atomic E-state index is 13.7. The van der Waals surface area contributed by atoms with Gasteiger partial charge in [-0.2, -0.15) is 0 Å². The van der Waals surface area contributed by atoms with Crippen LogP contribution in [-0.2, 0) is 11.3 Å². The van der Waals surface area contributed by atoms with Crippen molar-refractivity contribution in [1.29, 1.82) is 0 Å². The summed E-state index contributed by atoms with van der Waals surface area (Å²) in [6.45, 7) is 0.186. The first-order chi connectivity index (χ1) is 9.11. The maximum absolute atomic E-state index is 13.7. The summed E-state index contributed by atoms with van der Waals surface area (Å²) in [5.74, 6) is -1.41. The van der Waals surface area contributed by atoms with Crippen molar-refractivity contribution in [3.63, 3.8) is 0 Å². The van der Waals surface area contributed by atoms with Gasteiger partial charge in [-0.1, -0.05) is 6.07 Å². The molecule has 0 saturated carbocycles. The first kappa shape index (κ1) is 12.9. The molecule has 98 valence electrons. The SMILES string of the molecule is COC(=O)c1ccc(Cn2cccnc2=O)cc1F. The summed E-state index contributed by atoms with van der Waals surface area (Å²) in [6, 6.07) is 5.71. The van der Waals surface area contributed by atoms with Gasteiger partial charge in [0.25, 0.3) is 0 Å². The van der Waals surface area contributed by atoms with Crippen LogP contribution < -0.4 is 5.69 Å². The molecule has 0 saturated heterocycles. The van der Waals surface area contributed by atoms with Gasteiger partial charge in [-0.05, 0) is 23.8 Å². The highest BCUT2D eigenvalue weighted by Gasteiger charge is 2.12. The van der Waals surface area contributed by atoms with Gasteiger partial charge in [0.2, 0.25) is 0 Å². The number of esters is 1. The minimum atomic E-state index is -0.734. The second-order valence-corrected chi connectivity index (χ2v) is 3.84. The van der Waals surface area contributed by atoms with E-state index in [4.69, 9.17) is 0 Å².